The van der Waals surface area contributed by atoms with Crippen LogP contribution in [0.15, 0.2) is 24.3 Å². The Kier molecular flexibility index (Phi) is 5.00. The number of hydrogen-bond donors (Lipinski definition) is 0. The molecule has 0 aliphatic rings. The van der Waals surface area contributed by atoms with Crippen molar-refractivity contribution < 1.29 is 0 Å². The van der Waals surface area contributed by atoms with E-state index in [0.29, 0.717) is 5.92 Å². The van der Waals surface area contributed by atoms with Crippen molar-refractivity contribution in [2.75, 3.05) is 0 Å². The number of allylic oxidation sites excluding steroid dienone is 3. The highest BCUT2D eigenvalue weighted by atomic mass is 14.1. The normalized spacial score (nSPS) is 14.9. The minimum absolute atomic E-state index is 0.606. The minimum atomic E-state index is 0.606. The molecule has 0 aromatic rings. The quantitative estimate of drug-likeness (QED) is 0.521. The predicted octanol–water partition coefficient (Wildman–Crippen LogP) is 3.55. The van der Waals surface area contributed by atoms with E-state index in [-0.39, 0.29) is 0 Å². The summed E-state index contributed by atoms with van der Waals surface area (Å²) in [6.07, 6.45) is 6.58. The maximum atomic E-state index is 3.81. The summed E-state index contributed by atoms with van der Waals surface area (Å²) in [5.41, 5.74) is 1.51. The third-order valence-electron chi connectivity index (χ3n) is 1.98. The van der Waals surface area contributed by atoms with E-state index in [0.717, 1.165) is 6.42 Å². The van der Waals surface area contributed by atoms with Gasteiger partial charge in [-0.1, -0.05) is 31.6 Å². The summed E-state index contributed by atoms with van der Waals surface area (Å²) in [6, 6.07) is 0. The molecule has 0 rings (SSSR count). The monoisotopic (exact) mass is 138 g/mol. The molecular weight excluding hydrogens is 120 g/mol. The van der Waals surface area contributed by atoms with E-state index < -0.39 is 0 Å². The second-order valence-electron chi connectivity index (χ2n) is 2.47. The summed E-state index contributed by atoms with van der Waals surface area (Å²) in [5, 5.41) is 0. The molecule has 0 saturated heterocycles. The first kappa shape index (κ1) is 9.48. The zero-order valence-corrected chi connectivity index (χ0v) is 7.35. The molecule has 0 nitrogen and oxygen atoms in total. The molecule has 58 valence electrons. The summed E-state index contributed by atoms with van der Waals surface area (Å²) in [5.74, 6) is 0.606. The van der Waals surface area contributed by atoms with Crippen molar-refractivity contribution in [3.05, 3.63) is 24.3 Å². The van der Waals surface area contributed by atoms with Gasteiger partial charge in [0.05, 0.1) is 0 Å². The molecule has 0 heterocycles. The van der Waals surface area contributed by atoms with Gasteiger partial charge in [-0.25, -0.2) is 0 Å². The van der Waals surface area contributed by atoms with Gasteiger partial charge in [0.2, 0.25) is 0 Å². The summed E-state index contributed by atoms with van der Waals surface area (Å²) in [4.78, 5) is 0. The Morgan fingerprint density at radius 3 is 2.20 bits per heavy atom. The summed E-state index contributed by atoms with van der Waals surface area (Å²) in [7, 11) is 0. The summed E-state index contributed by atoms with van der Waals surface area (Å²) < 4.78 is 0. The third kappa shape index (κ3) is 2.38. The summed E-state index contributed by atoms with van der Waals surface area (Å²) >= 11 is 0. The molecule has 0 spiro atoms. The Morgan fingerprint density at radius 1 is 1.50 bits per heavy atom. The second kappa shape index (κ2) is 5.28. The van der Waals surface area contributed by atoms with Crippen LogP contribution in [0.2, 0.25) is 0 Å². The fourth-order valence-corrected chi connectivity index (χ4v) is 1.26. The Bertz CT molecular complexity index is 120. The van der Waals surface area contributed by atoms with E-state index in [1.807, 2.05) is 6.08 Å². The van der Waals surface area contributed by atoms with Gasteiger partial charge >= 0.3 is 0 Å². The van der Waals surface area contributed by atoms with Gasteiger partial charge in [0.1, 0.15) is 0 Å². The lowest BCUT2D eigenvalue weighted by molar-refractivity contribution is 0.699. The molecule has 0 heteroatoms. The van der Waals surface area contributed by atoms with Crippen LogP contribution in [0, 0.1) is 5.92 Å². The van der Waals surface area contributed by atoms with Gasteiger partial charge in [0.25, 0.3) is 0 Å². The van der Waals surface area contributed by atoms with Gasteiger partial charge < -0.3 is 0 Å². The van der Waals surface area contributed by atoms with E-state index in [1.54, 1.807) is 0 Å². The highest BCUT2D eigenvalue weighted by Gasteiger charge is 2.03. The van der Waals surface area contributed by atoms with Crippen molar-refractivity contribution >= 4 is 0 Å². The standard InChI is InChI=1S/C10H18/c1-5-9(6-2)10(7-3)8-4/h5,7,9H,1,6,8H2,2-4H3. The minimum Gasteiger partial charge on any atom is -0.102 e. The van der Waals surface area contributed by atoms with Crippen LogP contribution >= 0.6 is 0 Å². The average Bonchev–Trinajstić information content (AvgIpc) is 2.00. The molecule has 0 saturated carbocycles. The Morgan fingerprint density at radius 2 is 2.10 bits per heavy atom. The van der Waals surface area contributed by atoms with Crippen LogP contribution in [0.1, 0.15) is 33.6 Å². The Balaban J connectivity index is 4.10. The SMILES string of the molecule is C=CC(CC)C(=CC)CC. The number of hydrogen-bond acceptors (Lipinski definition) is 0. The van der Waals surface area contributed by atoms with Crippen molar-refractivity contribution in [3.63, 3.8) is 0 Å². The molecule has 0 radical (unpaired) electrons. The lowest BCUT2D eigenvalue weighted by atomic mass is 9.94. The fraction of sp³-hybridized carbons (Fsp3) is 0.600. The van der Waals surface area contributed by atoms with Crippen LogP contribution in [0.5, 0.6) is 0 Å². The zero-order valence-electron chi connectivity index (χ0n) is 7.35. The maximum Gasteiger partial charge on any atom is -0.00288 e. The average molecular weight is 138 g/mol. The van der Waals surface area contributed by atoms with Crippen molar-refractivity contribution in [2.45, 2.75) is 33.6 Å². The van der Waals surface area contributed by atoms with Crippen LogP contribution in [0.4, 0.5) is 0 Å². The molecule has 0 aromatic carbocycles. The van der Waals surface area contributed by atoms with Gasteiger partial charge in [-0.3, -0.25) is 0 Å². The molecule has 0 fully saturated rings. The van der Waals surface area contributed by atoms with Crippen LogP contribution in [-0.4, -0.2) is 0 Å². The van der Waals surface area contributed by atoms with E-state index in [4.69, 9.17) is 0 Å². The van der Waals surface area contributed by atoms with Crippen molar-refractivity contribution in [3.8, 4) is 0 Å². The molecule has 0 bridgehead atoms. The molecule has 10 heavy (non-hydrogen) atoms. The zero-order chi connectivity index (χ0) is 7.98. The Hall–Kier alpha value is -0.520. The predicted molar refractivity (Wildman–Crippen MR) is 48.0 cm³/mol. The molecule has 0 aliphatic heterocycles. The molecule has 0 amide bonds. The van der Waals surface area contributed by atoms with Crippen LogP contribution in [0.3, 0.4) is 0 Å². The maximum absolute atomic E-state index is 3.81. The van der Waals surface area contributed by atoms with Crippen molar-refractivity contribution in [1.82, 2.24) is 0 Å². The first-order chi connectivity index (χ1) is 4.79. The van der Waals surface area contributed by atoms with E-state index in [1.165, 1.54) is 12.0 Å². The molecule has 1 unspecified atom stereocenters. The van der Waals surface area contributed by atoms with Crippen LogP contribution < -0.4 is 0 Å². The summed E-state index contributed by atoms with van der Waals surface area (Å²) in [6.45, 7) is 10.3. The first-order valence-electron chi connectivity index (χ1n) is 4.07. The molecule has 0 aromatic heterocycles. The van der Waals surface area contributed by atoms with E-state index >= 15 is 0 Å². The van der Waals surface area contributed by atoms with E-state index in [2.05, 4.69) is 33.4 Å². The topological polar surface area (TPSA) is 0 Å². The lowest BCUT2D eigenvalue weighted by Crippen LogP contribution is -1.97. The van der Waals surface area contributed by atoms with E-state index in [9.17, 15) is 0 Å². The lowest BCUT2D eigenvalue weighted by Gasteiger charge is -2.11. The van der Waals surface area contributed by atoms with Crippen LogP contribution in [-0.2, 0) is 0 Å². The highest BCUT2D eigenvalue weighted by molar-refractivity contribution is 5.10. The first-order valence-corrected chi connectivity index (χ1v) is 4.07. The van der Waals surface area contributed by atoms with Crippen molar-refractivity contribution in [1.29, 1.82) is 0 Å². The fourth-order valence-electron chi connectivity index (χ4n) is 1.26. The molecule has 0 aliphatic carbocycles. The van der Waals surface area contributed by atoms with Crippen LogP contribution in [0.25, 0.3) is 0 Å². The third-order valence-corrected chi connectivity index (χ3v) is 1.98. The van der Waals surface area contributed by atoms with Gasteiger partial charge in [-0.2, -0.15) is 0 Å². The Labute approximate surface area is 64.6 Å². The largest absolute Gasteiger partial charge is 0.102 e. The van der Waals surface area contributed by atoms with Crippen molar-refractivity contribution in [2.24, 2.45) is 5.92 Å². The molecular formula is C10H18. The second-order valence-corrected chi connectivity index (χ2v) is 2.47. The van der Waals surface area contributed by atoms with Gasteiger partial charge in [-0.05, 0) is 25.7 Å². The highest BCUT2D eigenvalue weighted by Crippen LogP contribution is 2.18. The number of rotatable bonds is 4. The van der Waals surface area contributed by atoms with Gasteiger partial charge in [-0.15, -0.1) is 6.58 Å². The smallest absolute Gasteiger partial charge is 0.00288 e. The molecule has 1 atom stereocenters. The van der Waals surface area contributed by atoms with Gasteiger partial charge in [0, 0.05) is 0 Å². The van der Waals surface area contributed by atoms with Gasteiger partial charge in [0.15, 0.2) is 0 Å². The molecule has 0 N–H and O–H groups in total.